The van der Waals surface area contributed by atoms with Gasteiger partial charge in [0.15, 0.2) is 6.39 Å². The molecule has 0 fully saturated rings. The molecule has 0 unspecified atom stereocenters. The monoisotopic (exact) mass is 582 g/mol. The number of rotatable bonds is 9. The molecule has 10 heteroatoms. The van der Waals surface area contributed by atoms with Crippen LogP contribution in [0.3, 0.4) is 0 Å². The van der Waals surface area contributed by atoms with E-state index in [-0.39, 0.29) is 6.61 Å². The van der Waals surface area contributed by atoms with E-state index < -0.39 is 11.8 Å². The highest BCUT2D eigenvalue weighted by Crippen LogP contribution is 2.25. The summed E-state index contributed by atoms with van der Waals surface area (Å²) in [6.07, 6.45) is 3.59. The Morgan fingerprint density at radius 2 is 1.88 bits per heavy atom. The van der Waals surface area contributed by atoms with E-state index in [9.17, 15) is 9.18 Å². The number of oxazole rings is 1. The van der Waals surface area contributed by atoms with Crippen LogP contribution in [0.1, 0.15) is 33.1 Å². The van der Waals surface area contributed by atoms with Crippen LogP contribution in [0.25, 0.3) is 22.3 Å². The van der Waals surface area contributed by atoms with E-state index in [4.69, 9.17) is 30.5 Å². The third-order valence-corrected chi connectivity index (χ3v) is 7.01. The average molecular weight is 583 g/mol. The van der Waals surface area contributed by atoms with Crippen LogP contribution in [-0.2, 0) is 24.3 Å². The number of benzene rings is 3. The van der Waals surface area contributed by atoms with E-state index in [1.807, 2.05) is 47.0 Å². The molecule has 0 aliphatic heterocycles. The van der Waals surface area contributed by atoms with Gasteiger partial charge < -0.3 is 18.5 Å². The van der Waals surface area contributed by atoms with Crippen LogP contribution in [0.2, 0.25) is 5.02 Å². The molecule has 0 amide bonds. The lowest BCUT2D eigenvalue weighted by Crippen LogP contribution is -2.06. The summed E-state index contributed by atoms with van der Waals surface area (Å²) in [7, 11) is 1.36. The summed E-state index contributed by atoms with van der Waals surface area (Å²) in [5, 5.41) is 0.333. The molecule has 6 aromatic rings. The van der Waals surface area contributed by atoms with E-state index >= 15 is 0 Å². The third kappa shape index (κ3) is 5.87. The number of aromatic nitrogens is 4. The van der Waals surface area contributed by atoms with Gasteiger partial charge in [-0.2, -0.15) is 0 Å². The van der Waals surface area contributed by atoms with E-state index in [0.717, 1.165) is 33.7 Å². The molecule has 0 N–H and O–H groups in total. The quantitative estimate of drug-likeness (QED) is 0.171. The van der Waals surface area contributed by atoms with Gasteiger partial charge in [0.1, 0.15) is 24.0 Å². The van der Waals surface area contributed by atoms with Gasteiger partial charge in [-0.05, 0) is 42.0 Å². The maximum absolute atomic E-state index is 14.1. The van der Waals surface area contributed by atoms with Crippen LogP contribution >= 0.6 is 11.6 Å². The molecule has 0 aliphatic carbocycles. The van der Waals surface area contributed by atoms with Crippen molar-refractivity contribution in [3.8, 4) is 17.1 Å². The first-order chi connectivity index (χ1) is 20.5. The fourth-order valence-electron chi connectivity index (χ4n) is 4.63. The van der Waals surface area contributed by atoms with Gasteiger partial charge in [-0.3, -0.25) is 0 Å². The predicted octanol–water partition coefficient (Wildman–Crippen LogP) is 6.88. The highest BCUT2D eigenvalue weighted by Gasteiger charge is 2.16. The van der Waals surface area contributed by atoms with E-state index in [0.29, 0.717) is 40.8 Å². The smallest absolute Gasteiger partial charge is 0.337 e. The fourth-order valence-corrected chi connectivity index (χ4v) is 4.79. The van der Waals surface area contributed by atoms with Crippen LogP contribution in [0, 0.1) is 5.82 Å². The molecule has 42 heavy (non-hydrogen) atoms. The minimum absolute atomic E-state index is 0.0363. The number of hydrogen-bond acceptors (Lipinski definition) is 7. The van der Waals surface area contributed by atoms with E-state index in [1.54, 1.807) is 36.5 Å². The van der Waals surface area contributed by atoms with Gasteiger partial charge in [-0.15, -0.1) is 0 Å². The zero-order valence-electron chi connectivity index (χ0n) is 22.5. The van der Waals surface area contributed by atoms with Gasteiger partial charge in [0.2, 0.25) is 5.88 Å². The second kappa shape index (κ2) is 11.8. The summed E-state index contributed by atoms with van der Waals surface area (Å²) >= 11 is 5.84. The van der Waals surface area contributed by atoms with Crippen LogP contribution in [0.5, 0.6) is 5.88 Å². The molecular weight excluding hydrogens is 559 g/mol. The number of pyridine rings is 1. The zero-order chi connectivity index (χ0) is 29.1. The highest BCUT2D eigenvalue weighted by atomic mass is 35.5. The van der Waals surface area contributed by atoms with Crippen molar-refractivity contribution in [1.82, 2.24) is 19.5 Å². The van der Waals surface area contributed by atoms with Crippen molar-refractivity contribution in [2.75, 3.05) is 7.11 Å². The molecule has 3 aromatic carbocycles. The number of esters is 1. The average Bonchev–Trinajstić information content (AvgIpc) is 3.64. The molecule has 0 saturated heterocycles. The van der Waals surface area contributed by atoms with Crippen LogP contribution in [0.15, 0.2) is 95.9 Å². The van der Waals surface area contributed by atoms with E-state index in [1.165, 1.54) is 19.6 Å². The Balaban J connectivity index is 1.22. The first-order valence-corrected chi connectivity index (χ1v) is 13.4. The topological polar surface area (TPSA) is 92.3 Å². The van der Waals surface area contributed by atoms with E-state index in [2.05, 4.69) is 9.97 Å². The largest absolute Gasteiger partial charge is 0.473 e. The Kier molecular flexibility index (Phi) is 7.66. The summed E-state index contributed by atoms with van der Waals surface area (Å²) in [4.78, 5) is 25.6. The highest BCUT2D eigenvalue weighted by molar-refractivity contribution is 6.30. The van der Waals surface area contributed by atoms with Crippen molar-refractivity contribution in [1.29, 1.82) is 0 Å². The Morgan fingerprint density at radius 1 is 1.02 bits per heavy atom. The maximum atomic E-state index is 14.1. The maximum Gasteiger partial charge on any atom is 0.337 e. The molecule has 8 nitrogen and oxygen atoms in total. The molecule has 0 saturated carbocycles. The van der Waals surface area contributed by atoms with Gasteiger partial charge in [0.25, 0.3) is 0 Å². The number of nitrogens with zero attached hydrogens (tertiary/aromatic N) is 4. The molecule has 3 heterocycles. The number of carbonyl (C=O) groups excluding carboxylic acids is 1. The lowest BCUT2D eigenvalue weighted by atomic mass is 10.1. The molecular formula is C32H24ClFN4O4. The van der Waals surface area contributed by atoms with Crippen molar-refractivity contribution in [3.05, 3.63) is 131 Å². The number of imidazole rings is 1. The normalized spacial score (nSPS) is 11.1. The molecule has 210 valence electrons. The van der Waals surface area contributed by atoms with Gasteiger partial charge in [-0.25, -0.2) is 24.1 Å². The summed E-state index contributed by atoms with van der Waals surface area (Å²) in [6.45, 7) is 0.444. The number of methoxy groups -OCH3 is 1. The van der Waals surface area contributed by atoms with Crippen molar-refractivity contribution in [3.63, 3.8) is 0 Å². The van der Waals surface area contributed by atoms with Crippen molar-refractivity contribution >= 4 is 28.6 Å². The number of ether oxygens (including phenoxy) is 2. The predicted molar refractivity (Wildman–Crippen MR) is 155 cm³/mol. The molecule has 3 aromatic heterocycles. The standard InChI is InChI=1S/C32H24ClFN4O4/c1-40-32(39)22-10-12-28-29(14-22)38(17-25-16-35-19-42-25)30(36-28)13-20-5-7-21(8-6-20)27-3-2-4-31(37-27)41-18-23-9-11-24(33)15-26(23)34/h2-12,14-16,19H,13,17-18H2,1H3. The summed E-state index contributed by atoms with van der Waals surface area (Å²) in [5.74, 6) is 1.02. The minimum Gasteiger partial charge on any atom is -0.473 e. The van der Waals surface area contributed by atoms with Crippen molar-refractivity contribution in [2.24, 2.45) is 0 Å². The zero-order valence-corrected chi connectivity index (χ0v) is 23.2. The number of fused-ring (bicyclic) bond motifs is 1. The lowest BCUT2D eigenvalue weighted by molar-refractivity contribution is 0.0601. The molecule has 0 bridgehead atoms. The van der Waals surface area contributed by atoms with Crippen molar-refractivity contribution in [2.45, 2.75) is 19.6 Å². The van der Waals surface area contributed by atoms with Crippen LogP contribution in [0.4, 0.5) is 4.39 Å². The van der Waals surface area contributed by atoms with Gasteiger partial charge >= 0.3 is 5.97 Å². The number of carbonyl (C=O) groups is 1. The fraction of sp³-hybridized carbons (Fsp3) is 0.125. The molecule has 0 aliphatic rings. The Labute approximate surface area is 245 Å². The second-order valence-electron chi connectivity index (χ2n) is 9.54. The number of halogens is 2. The lowest BCUT2D eigenvalue weighted by Gasteiger charge is -2.10. The third-order valence-electron chi connectivity index (χ3n) is 6.77. The van der Waals surface area contributed by atoms with Gasteiger partial charge in [0, 0.05) is 28.6 Å². The number of hydrogen-bond donors (Lipinski definition) is 0. The molecule has 0 atom stereocenters. The minimum atomic E-state index is -0.424. The summed E-state index contributed by atoms with van der Waals surface area (Å²) in [6, 6.07) is 23.2. The summed E-state index contributed by atoms with van der Waals surface area (Å²) in [5.41, 5.74) is 5.05. The van der Waals surface area contributed by atoms with Crippen molar-refractivity contribution < 1.29 is 23.1 Å². The summed E-state index contributed by atoms with van der Waals surface area (Å²) < 4.78 is 32.3. The Morgan fingerprint density at radius 3 is 2.64 bits per heavy atom. The van der Waals surface area contributed by atoms with Gasteiger partial charge in [-0.1, -0.05) is 48.0 Å². The Bertz CT molecular complexity index is 1870. The molecule has 6 rings (SSSR count). The SMILES string of the molecule is COC(=O)c1ccc2nc(Cc3ccc(-c4cccc(OCc5ccc(Cl)cc5F)n4)cc3)n(Cc3cnco3)c2c1. The Hall–Kier alpha value is -5.02. The van der Waals surface area contributed by atoms with Crippen LogP contribution in [-0.4, -0.2) is 32.6 Å². The van der Waals surface area contributed by atoms with Gasteiger partial charge in [0.05, 0.1) is 42.1 Å². The van der Waals surface area contributed by atoms with Crippen LogP contribution < -0.4 is 4.74 Å². The first-order valence-electron chi connectivity index (χ1n) is 13.0. The second-order valence-corrected chi connectivity index (χ2v) is 9.97. The first kappa shape index (κ1) is 27.2. The molecule has 0 spiro atoms. The molecule has 0 radical (unpaired) electrons.